The van der Waals surface area contributed by atoms with Gasteiger partial charge in [-0.1, -0.05) is 0 Å². The lowest BCUT2D eigenvalue weighted by molar-refractivity contribution is 0.0696. The van der Waals surface area contributed by atoms with Gasteiger partial charge in [0.1, 0.15) is 0 Å². The summed E-state index contributed by atoms with van der Waals surface area (Å²) in [4.78, 5) is 14.2. The maximum atomic E-state index is 11.9. The minimum Gasteiger partial charge on any atom is -0.478 e. The third-order valence-electron chi connectivity index (χ3n) is 2.28. The van der Waals surface area contributed by atoms with Crippen LogP contribution in [0.15, 0.2) is 35.7 Å². The van der Waals surface area contributed by atoms with Gasteiger partial charge in [0.15, 0.2) is 5.03 Å². The maximum Gasteiger partial charge on any atom is 0.337 e. The van der Waals surface area contributed by atoms with E-state index in [4.69, 9.17) is 5.11 Å². The van der Waals surface area contributed by atoms with Crippen molar-refractivity contribution < 1.29 is 18.3 Å². The van der Waals surface area contributed by atoms with E-state index in [-0.39, 0.29) is 17.1 Å². The van der Waals surface area contributed by atoms with Gasteiger partial charge in [-0.25, -0.2) is 22.9 Å². The number of rotatable bonds is 5. The van der Waals surface area contributed by atoms with Gasteiger partial charge in [0.2, 0.25) is 0 Å². The Morgan fingerprint density at radius 3 is 2.68 bits per heavy atom. The molecule has 0 fully saturated rings. The Hall–Kier alpha value is -2.26. The number of aromatic carboxylic acids is 1. The highest BCUT2D eigenvalue weighted by Gasteiger charge is 2.16. The summed E-state index contributed by atoms with van der Waals surface area (Å²) in [6.07, 6.45) is 4.04. The van der Waals surface area contributed by atoms with E-state index in [0.717, 1.165) is 12.3 Å². The third-order valence-corrected chi connectivity index (χ3v) is 3.60. The highest BCUT2D eigenvalue weighted by Crippen LogP contribution is 2.07. The number of carboxylic acids is 1. The van der Waals surface area contributed by atoms with Crippen molar-refractivity contribution in [3.63, 3.8) is 0 Å². The topological polar surface area (TPSA) is 125 Å². The minimum absolute atomic E-state index is 0.0706. The number of pyridine rings is 1. The van der Waals surface area contributed by atoms with Crippen LogP contribution in [-0.2, 0) is 16.6 Å². The molecule has 0 saturated heterocycles. The summed E-state index contributed by atoms with van der Waals surface area (Å²) in [6.45, 7) is 0.0706. The van der Waals surface area contributed by atoms with E-state index < -0.39 is 16.0 Å². The van der Waals surface area contributed by atoms with Gasteiger partial charge in [-0.3, -0.25) is 5.10 Å². The van der Waals surface area contributed by atoms with E-state index in [1.54, 1.807) is 6.20 Å². The lowest BCUT2D eigenvalue weighted by Crippen LogP contribution is -2.24. The van der Waals surface area contributed by atoms with Crippen molar-refractivity contribution in [2.24, 2.45) is 0 Å². The standard InChI is InChI=1S/C10H10N4O4S/c15-10(16)8-1-2-9(11-6-8)19(17,18)14-5-7-3-12-13-4-7/h1-4,6,14H,5H2,(H,12,13)(H,15,16). The van der Waals surface area contributed by atoms with Crippen LogP contribution < -0.4 is 4.72 Å². The summed E-state index contributed by atoms with van der Waals surface area (Å²) in [5, 5.41) is 14.7. The molecule has 8 nitrogen and oxygen atoms in total. The van der Waals surface area contributed by atoms with Gasteiger partial charge in [-0.05, 0) is 12.1 Å². The summed E-state index contributed by atoms with van der Waals surface area (Å²) in [7, 11) is -3.77. The van der Waals surface area contributed by atoms with E-state index >= 15 is 0 Å². The molecule has 0 aliphatic heterocycles. The van der Waals surface area contributed by atoms with Gasteiger partial charge in [0.05, 0.1) is 11.8 Å². The number of hydrogen-bond acceptors (Lipinski definition) is 5. The Balaban J connectivity index is 2.13. The minimum atomic E-state index is -3.77. The van der Waals surface area contributed by atoms with E-state index in [9.17, 15) is 13.2 Å². The predicted molar refractivity (Wildman–Crippen MR) is 63.8 cm³/mol. The van der Waals surface area contributed by atoms with Crippen molar-refractivity contribution in [2.75, 3.05) is 0 Å². The summed E-state index contributed by atoms with van der Waals surface area (Å²) in [5.74, 6) is -1.16. The molecule has 0 aliphatic rings. The number of nitrogens with zero attached hydrogens (tertiary/aromatic N) is 2. The van der Waals surface area contributed by atoms with Gasteiger partial charge >= 0.3 is 5.97 Å². The molecule has 0 amide bonds. The number of aromatic amines is 1. The summed E-state index contributed by atoms with van der Waals surface area (Å²) in [5.41, 5.74) is 0.597. The lowest BCUT2D eigenvalue weighted by Gasteiger charge is -2.04. The molecule has 0 aliphatic carbocycles. The fraction of sp³-hybridized carbons (Fsp3) is 0.100. The first-order valence-electron chi connectivity index (χ1n) is 5.16. The first-order chi connectivity index (χ1) is 8.99. The monoisotopic (exact) mass is 282 g/mol. The third kappa shape index (κ3) is 3.14. The number of aromatic nitrogens is 3. The normalized spacial score (nSPS) is 11.4. The maximum absolute atomic E-state index is 11.9. The molecule has 9 heteroatoms. The summed E-state index contributed by atoms with van der Waals surface area (Å²) in [6, 6.07) is 2.32. The molecule has 100 valence electrons. The predicted octanol–water partition coefficient (Wildman–Crippen LogP) is -0.0186. The molecule has 3 N–H and O–H groups in total. The van der Waals surface area contributed by atoms with Crippen LogP contribution >= 0.6 is 0 Å². The van der Waals surface area contributed by atoms with Gasteiger partial charge < -0.3 is 5.11 Å². The molecule has 2 aromatic heterocycles. The van der Waals surface area contributed by atoms with Crippen molar-refractivity contribution in [3.8, 4) is 0 Å². The molecule has 0 saturated carbocycles. The summed E-state index contributed by atoms with van der Waals surface area (Å²) < 4.78 is 26.0. The van der Waals surface area contributed by atoms with Crippen molar-refractivity contribution in [2.45, 2.75) is 11.6 Å². The number of carbonyl (C=O) groups is 1. The lowest BCUT2D eigenvalue weighted by atomic mass is 10.3. The Labute approximate surface area is 108 Å². The van der Waals surface area contributed by atoms with Crippen LogP contribution in [0.2, 0.25) is 0 Å². The largest absolute Gasteiger partial charge is 0.478 e. The Morgan fingerprint density at radius 1 is 1.37 bits per heavy atom. The van der Waals surface area contributed by atoms with Gasteiger partial charge in [-0.15, -0.1) is 0 Å². The van der Waals surface area contributed by atoms with Crippen LogP contribution in [0.3, 0.4) is 0 Å². The zero-order valence-corrected chi connectivity index (χ0v) is 10.4. The van der Waals surface area contributed by atoms with Crippen LogP contribution in [-0.4, -0.2) is 34.7 Å². The molecule has 0 unspecified atom stereocenters. The number of H-pyrrole nitrogens is 1. The van der Waals surface area contributed by atoms with E-state index in [2.05, 4.69) is 19.9 Å². The molecule has 0 spiro atoms. The van der Waals surface area contributed by atoms with Crippen molar-refractivity contribution in [1.82, 2.24) is 19.9 Å². The van der Waals surface area contributed by atoms with Crippen LogP contribution in [0.1, 0.15) is 15.9 Å². The fourth-order valence-corrected chi connectivity index (χ4v) is 2.24. The molecule has 0 aromatic carbocycles. The average molecular weight is 282 g/mol. The zero-order chi connectivity index (χ0) is 13.9. The molecular formula is C10H10N4O4S. The van der Waals surface area contributed by atoms with Crippen LogP contribution in [0.5, 0.6) is 0 Å². The van der Waals surface area contributed by atoms with Gasteiger partial charge in [0, 0.05) is 24.5 Å². The van der Waals surface area contributed by atoms with Crippen LogP contribution in [0.25, 0.3) is 0 Å². The highest BCUT2D eigenvalue weighted by atomic mass is 32.2. The number of hydrogen-bond donors (Lipinski definition) is 3. The first kappa shape index (κ1) is 13.2. The second kappa shape index (κ2) is 5.16. The second-order valence-electron chi connectivity index (χ2n) is 3.62. The highest BCUT2D eigenvalue weighted by molar-refractivity contribution is 7.89. The molecule has 0 atom stereocenters. The van der Waals surface area contributed by atoms with Crippen molar-refractivity contribution in [3.05, 3.63) is 41.9 Å². The Kier molecular flexibility index (Phi) is 3.58. The smallest absolute Gasteiger partial charge is 0.337 e. The van der Waals surface area contributed by atoms with Gasteiger partial charge in [-0.2, -0.15) is 5.10 Å². The molecule has 19 heavy (non-hydrogen) atoms. The van der Waals surface area contributed by atoms with Crippen molar-refractivity contribution in [1.29, 1.82) is 0 Å². The molecule has 0 bridgehead atoms. The Bertz CT molecular complexity index is 664. The second-order valence-corrected chi connectivity index (χ2v) is 5.34. The fourth-order valence-electron chi connectivity index (χ4n) is 1.29. The molecule has 2 rings (SSSR count). The van der Waals surface area contributed by atoms with Crippen LogP contribution in [0, 0.1) is 0 Å². The van der Waals surface area contributed by atoms with E-state index in [1.807, 2.05) is 0 Å². The van der Waals surface area contributed by atoms with E-state index in [1.165, 1.54) is 12.3 Å². The number of carboxylic acid groups (broad SMARTS) is 1. The van der Waals surface area contributed by atoms with E-state index in [0.29, 0.717) is 5.56 Å². The molecule has 0 radical (unpaired) electrons. The van der Waals surface area contributed by atoms with Crippen molar-refractivity contribution >= 4 is 16.0 Å². The SMILES string of the molecule is O=C(O)c1ccc(S(=O)(=O)NCc2cn[nH]c2)nc1. The first-order valence-corrected chi connectivity index (χ1v) is 6.64. The molecule has 2 heterocycles. The molecule has 2 aromatic rings. The number of nitrogens with one attached hydrogen (secondary N) is 2. The zero-order valence-electron chi connectivity index (χ0n) is 9.57. The molecular weight excluding hydrogens is 272 g/mol. The summed E-state index contributed by atoms with van der Waals surface area (Å²) >= 11 is 0. The van der Waals surface area contributed by atoms with Gasteiger partial charge in [0.25, 0.3) is 10.0 Å². The number of sulfonamides is 1. The van der Waals surface area contributed by atoms with Crippen LogP contribution in [0.4, 0.5) is 0 Å². The quantitative estimate of drug-likeness (QED) is 0.707. The Morgan fingerprint density at radius 2 is 2.16 bits per heavy atom. The average Bonchev–Trinajstić information content (AvgIpc) is 2.90.